The first-order chi connectivity index (χ1) is 10.2. The van der Waals surface area contributed by atoms with Gasteiger partial charge in [0.1, 0.15) is 0 Å². The molecule has 2 unspecified atom stereocenters. The quantitative estimate of drug-likeness (QED) is 0.909. The second kappa shape index (κ2) is 6.58. The van der Waals surface area contributed by atoms with Crippen LogP contribution in [-0.4, -0.2) is 31.2 Å². The Bertz CT molecular complexity index is 497. The molecular weight excluding hydrogens is 264 g/mol. The number of ether oxygens (including phenoxy) is 1. The van der Waals surface area contributed by atoms with Crippen LogP contribution in [-0.2, 0) is 16.1 Å². The molecule has 3 rings (SSSR count). The fourth-order valence-electron chi connectivity index (χ4n) is 3.15. The van der Waals surface area contributed by atoms with E-state index >= 15 is 0 Å². The van der Waals surface area contributed by atoms with Gasteiger partial charge in [0.15, 0.2) is 0 Å². The third-order valence-electron chi connectivity index (χ3n) is 4.36. The summed E-state index contributed by atoms with van der Waals surface area (Å²) in [6, 6.07) is 8.48. The molecule has 0 saturated carbocycles. The fourth-order valence-corrected chi connectivity index (χ4v) is 3.15. The van der Waals surface area contributed by atoms with Crippen LogP contribution in [0.3, 0.4) is 0 Å². The van der Waals surface area contributed by atoms with Gasteiger partial charge in [-0.2, -0.15) is 0 Å². The van der Waals surface area contributed by atoms with Gasteiger partial charge in [0.2, 0.25) is 5.91 Å². The third kappa shape index (κ3) is 3.44. The molecule has 1 aromatic carbocycles. The number of nitrogens with zero attached hydrogens (tertiary/aromatic N) is 1. The van der Waals surface area contributed by atoms with Crippen molar-refractivity contribution in [2.75, 3.05) is 18.1 Å². The zero-order chi connectivity index (χ0) is 14.7. The van der Waals surface area contributed by atoms with E-state index in [1.807, 2.05) is 17.0 Å². The predicted octanol–water partition coefficient (Wildman–Crippen LogP) is 2.47. The van der Waals surface area contributed by atoms with Gasteiger partial charge in [-0.1, -0.05) is 18.2 Å². The number of anilines is 1. The highest BCUT2D eigenvalue weighted by atomic mass is 16.5. The summed E-state index contributed by atoms with van der Waals surface area (Å²) >= 11 is 0. The first kappa shape index (κ1) is 14.5. The van der Waals surface area contributed by atoms with Gasteiger partial charge in [0.25, 0.3) is 0 Å². The number of para-hydroxylation sites is 1. The second-order valence-corrected chi connectivity index (χ2v) is 6.11. The Morgan fingerprint density at radius 3 is 3.05 bits per heavy atom. The highest BCUT2D eigenvalue weighted by Crippen LogP contribution is 2.25. The molecule has 1 N–H and O–H groups in total. The summed E-state index contributed by atoms with van der Waals surface area (Å²) in [5.41, 5.74) is 2.25. The molecule has 2 atom stereocenters. The Morgan fingerprint density at radius 1 is 1.38 bits per heavy atom. The van der Waals surface area contributed by atoms with E-state index in [0.717, 1.165) is 38.2 Å². The average molecular weight is 288 g/mol. The van der Waals surface area contributed by atoms with Gasteiger partial charge in [-0.05, 0) is 37.8 Å². The van der Waals surface area contributed by atoms with Crippen LogP contribution in [0.25, 0.3) is 0 Å². The molecule has 21 heavy (non-hydrogen) atoms. The zero-order valence-corrected chi connectivity index (χ0v) is 12.7. The first-order valence-corrected chi connectivity index (χ1v) is 7.97. The minimum Gasteiger partial charge on any atom is -0.378 e. The van der Waals surface area contributed by atoms with Crippen molar-refractivity contribution in [3.05, 3.63) is 29.8 Å². The monoisotopic (exact) mass is 288 g/mol. The number of nitrogens with one attached hydrogen (secondary N) is 1. The predicted molar refractivity (Wildman–Crippen MR) is 83.3 cm³/mol. The molecule has 1 fully saturated rings. The summed E-state index contributed by atoms with van der Waals surface area (Å²) in [5.74, 6) is 0.185. The molecule has 2 aliphatic rings. The Balaban J connectivity index is 1.76. The Labute approximate surface area is 126 Å². The summed E-state index contributed by atoms with van der Waals surface area (Å²) in [6.45, 7) is 4.47. The molecule has 0 bridgehead atoms. The molecule has 114 valence electrons. The van der Waals surface area contributed by atoms with Gasteiger partial charge in [-0.25, -0.2) is 0 Å². The molecule has 4 nitrogen and oxygen atoms in total. The number of carbonyl (C=O) groups is 1. The van der Waals surface area contributed by atoms with Crippen molar-refractivity contribution < 1.29 is 9.53 Å². The number of amides is 1. The van der Waals surface area contributed by atoms with E-state index in [1.165, 1.54) is 12.0 Å². The average Bonchev–Trinajstić information content (AvgIpc) is 2.68. The van der Waals surface area contributed by atoms with Crippen molar-refractivity contribution in [1.82, 2.24) is 5.32 Å². The molecule has 1 saturated heterocycles. The van der Waals surface area contributed by atoms with Gasteiger partial charge in [-0.15, -0.1) is 0 Å². The Kier molecular flexibility index (Phi) is 4.56. The van der Waals surface area contributed by atoms with E-state index < -0.39 is 0 Å². The van der Waals surface area contributed by atoms with Crippen LogP contribution in [0.2, 0.25) is 0 Å². The van der Waals surface area contributed by atoms with Crippen molar-refractivity contribution in [1.29, 1.82) is 0 Å². The number of carbonyl (C=O) groups excluding carboxylic acids is 1. The van der Waals surface area contributed by atoms with Gasteiger partial charge < -0.3 is 15.0 Å². The Hall–Kier alpha value is -1.39. The number of benzene rings is 1. The molecule has 1 aromatic rings. The van der Waals surface area contributed by atoms with E-state index in [4.69, 9.17) is 4.74 Å². The van der Waals surface area contributed by atoms with Crippen LogP contribution in [0.1, 0.15) is 38.2 Å². The number of hydrogen-bond donors (Lipinski definition) is 1. The molecule has 2 aliphatic heterocycles. The van der Waals surface area contributed by atoms with E-state index in [0.29, 0.717) is 12.5 Å². The molecule has 4 heteroatoms. The zero-order valence-electron chi connectivity index (χ0n) is 12.7. The molecule has 2 heterocycles. The molecule has 1 amide bonds. The van der Waals surface area contributed by atoms with Crippen LogP contribution >= 0.6 is 0 Å². The first-order valence-electron chi connectivity index (χ1n) is 7.97. The number of rotatable bonds is 2. The molecular formula is C17H24N2O2. The topological polar surface area (TPSA) is 41.6 Å². The fraction of sp³-hybridized carbons (Fsp3) is 0.588. The third-order valence-corrected chi connectivity index (χ3v) is 4.36. The normalized spacial score (nSPS) is 26.0. The van der Waals surface area contributed by atoms with E-state index in [2.05, 4.69) is 24.4 Å². The SMILES string of the molecule is CC1CN(C(=O)CC2CCCCO2)c2ccccc2CN1. The maximum Gasteiger partial charge on any atom is 0.229 e. The summed E-state index contributed by atoms with van der Waals surface area (Å²) in [7, 11) is 0. The van der Waals surface area contributed by atoms with Crippen molar-refractivity contribution in [2.45, 2.75) is 51.3 Å². The molecule has 0 aromatic heterocycles. The van der Waals surface area contributed by atoms with Crippen molar-refractivity contribution >= 4 is 11.6 Å². The van der Waals surface area contributed by atoms with Gasteiger partial charge in [0.05, 0.1) is 12.5 Å². The van der Waals surface area contributed by atoms with Gasteiger partial charge >= 0.3 is 0 Å². The lowest BCUT2D eigenvalue weighted by molar-refractivity contribution is -0.122. The minimum atomic E-state index is 0.102. The summed E-state index contributed by atoms with van der Waals surface area (Å²) in [6.07, 6.45) is 3.91. The van der Waals surface area contributed by atoms with Crippen LogP contribution in [0.4, 0.5) is 5.69 Å². The lowest BCUT2D eigenvalue weighted by Gasteiger charge is -2.28. The highest BCUT2D eigenvalue weighted by molar-refractivity contribution is 5.94. The van der Waals surface area contributed by atoms with E-state index in [9.17, 15) is 4.79 Å². The van der Waals surface area contributed by atoms with Crippen molar-refractivity contribution in [3.8, 4) is 0 Å². The maximum absolute atomic E-state index is 12.7. The van der Waals surface area contributed by atoms with Crippen LogP contribution in [0.5, 0.6) is 0 Å². The maximum atomic E-state index is 12.7. The second-order valence-electron chi connectivity index (χ2n) is 6.11. The lowest BCUT2D eigenvalue weighted by Crippen LogP contribution is -2.41. The van der Waals surface area contributed by atoms with Crippen molar-refractivity contribution in [2.24, 2.45) is 0 Å². The number of fused-ring (bicyclic) bond motifs is 1. The molecule has 0 spiro atoms. The van der Waals surface area contributed by atoms with Crippen LogP contribution in [0, 0.1) is 0 Å². The van der Waals surface area contributed by atoms with E-state index in [1.54, 1.807) is 0 Å². The van der Waals surface area contributed by atoms with Crippen molar-refractivity contribution in [3.63, 3.8) is 0 Å². The summed E-state index contributed by atoms with van der Waals surface area (Å²) in [5, 5.41) is 3.46. The number of hydrogen-bond acceptors (Lipinski definition) is 3. The molecule has 0 aliphatic carbocycles. The summed E-state index contributed by atoms with van der Waals surface area (Å²) in [4.78, 5) is 14.7. The Morgan fingerprint density at radius 2 is 2.24 bits per heavy atom. The lowest BCUT2D eigenvalue weighted by atomic mass is 10.0. The molecule has 0 radical (unpaired) electrons. The van der Waals surface area contributed by atoms with E-state index in [-0.39, 0.29) is 12.0 Å². The summed E-state index contributed by atoms with van der Waals surface area (Å²) < 4.78 is 5.72. The van der Waals surface area contributed by atoms with Gasteiger partial charge in [0, 0.05) is 31.4 Å². The van der Waals surface area contributed by atoms with Crippen LogP contribution in [0.15, 0.2) is 24.3 Å². The standard InChI is InChI=1S/C17H24N2O2/c1-13-12-19(16-8-3-2-6-14(16)11-18-13)17(20)10-15-7-4-5-9-21-15/h2-3,6,8,13,15,18H,4-5,7,9-12H2,1H3. The van der Waals surface area contributed by atoms with Gasteiger partial charge in [-0.3, -0.25) is 4.79 Å². The smallest absolute Gasteiger partial charge is 0.229 e. The largest absolute Gasteiger partial charge is 0.378 e. The minimum absolute atomic E-state index is 0.102. The van der Waals surface area contributed by atoms with Crippen LogP contribution < -0.4 is 10.2 Å². The highest BCUT2D eigenvalue weighted by Gasteiger charge is 2.26.